The minimum atomic E-state index is -0.0449. The van der Waals surface area contributed by atoms with Gasteiger partial charge in [0.1, 0.15) is 6.61 Å². The van der Waals surface area contributed by atoms with Gasteiger partial charge in [-0.05, 0) is 49.4 Å². The molecule has 1 saturated carbocycles. The molecule has 130 valence electrons. The Morgan fingerprint density at radius 2 is 2.17 bits per heavy atom. The van der Waals surface area contributed by atoms with Crippen molar-refractivity contribution < 1.29 is 5.11 Å². The average molecular weight is 348 g/mol. The number of likely N-dealkylation sites (tertiary alicyclic amines) is 1. The highest BCUT2D eigenvalue weighted by molar-refractivity contribution is 7.71. The van der Waals surface area contributed by atoms with E-state index in [9.17, 15) is 5.11 Å². The number of aromatic nitrogens is 5. The molecule has 1 atom stereocenters. The summed E-state index contributed by atoms with van der Waals surface area (Å²) in [6, 6.07) is 0.449. The molecule has 0 amide bonds. The molecule has 0 bridgehead atoms. The van der Waals surface area contributed by atoms with Crippen molar-refractivity contribution in [3.05, 3.63) is 28.6 Å². The fraction of sp³-hybridized carbons (Fsp3) is 0.688. The number of aryl methyl sites for hydroxylation is 1. The third-order valence-corrected chi connectivity index (χ3v) is 5.39. The zero-order chi connectivity index (χ0) is 16.7. The summed E-state index contributed by atoms with van der Waals surface area (Å²) in [4.78, 5) is 2.40. The van der Waals surface area contributed by atoms with E-state index >= 15 is 0 Å². The molecule has 1 aliphatic heterocycles. The molecule has 0 aromatic carbocycles. The van der Waals surface area contributed by atoms with E-state index in [1.807, 2.05) is 27.2 Å². The van der Waals surface area contributed by atoms with Crippen LogP contribution < -0.4 is 0 Å². The predicted molar refractivity (Wildman–Crippen MR) is 91.8 cm³/mol. The summed E-state index contributed by atoms with van der Waals surface area (Å²) < 4.78 is 6.53. The summed E-state index contributed by atoms with van der Waals surface area (Å²) in [7, 11) is 1.96. The van der Waals surface area contributed by atoms with Crippen molar-refractivity contribution in [1.82, 2.24) is 29.0 Å². The zero-order valence-corrected chi connectivity index (χ0v) is 14.8. The van der Waals surface area contributed by atoms with Crippen molar-refractivity contribution in [2.24, 2.45) is 13.0 Å². The first-order valence-electron chi connectivity index (χ1n) is 8.63. The van der Waals surface area contributed by atoms with E-state index in [0.29, 0.717) is 17.8 Å². The van der Waals surface area contributed by atoms with Gasteiger partial charge < -0.3 is 5.11 Å². The molecule has 2 aromatic heterocycles. The molecule has 0 radical (unpaired) electrons. The van der Waals surface area contributed by atoms with Crippen LogP contribution in [0.5, 0.6) is 0 Å². The third-order valence-electron chi connectivity index (χ3n) is 4.98. The van der Waals surface area contributed by atoms with Crippen LogP contribution >= 0.6 is 12.2 Å². The maximum absolute atomic E-state index is 9.54. The maximum Gasteiger partial charge on any atom is 0.199 e. The first-order chi connectivity index (χ1) is 11.6. The van der Waals surface area contributed by atoms with Crippen LogP contribution in [0.2, 0.25) is 0 Å². The van der Waals surface area contributed by atoms with Crippen molar-refractivity contribution in [3.8, 4) is 0 Å². The molecule has 1 saturated heterocycles. The van der Waals surface area contributed by atoms with Crippen LogP contribution in [0.3, 0.4) is 0 Å². The number of hydrogen-bond acceptors (Lipinski definition) is 5. The van der Waals surface area contributed by atoms with Gasteiger partial charge in [0.25, 0.3) is 0 Å². The Hall–Kier alpha value is -1.51. The number of hydrogen-bond donors (Lipinski definition) is 1. The molecule has 2 aromatic rings. The summed E-state index contributed by atoms with van der Waals surface area (Å²) in [6.45, 7) is 2.80. The zero-order valence-electron chi connectivity index (χ0n) is 14.0. The van der Waals surface area contributed by atoms with E-state index in [0.717, 1.165) is 43.8 Å². The van der Waals surface area contributed by atoms with Crippen LogP contribution in [0, 0.1) is 10.7 Å². The molecule has 2 fully saturated rings. The lowest BCUT2D eigenvalue weighted by Gasteiger charge is -2.15. The quantitative estimate of drug-likeness (QED) is 0.802. The van der Waals surface area contributed by atoms with Gasteiger partial charge in [0.15, 0.2) is 10.6 Å². The number of aliphatic hydroxyl groups excluding tert-OH is 1. The summed E-state index contributed by atoms with van der Waals surface area (Å²) in [5, 5.41) is 18.3. The first kappa shape index (κ1) is 16.0. The second-order valence-electron chi connectivity index (χ2n) is 7.06. The summed E-state index contributed by atoms with van der Waals surface area (Å²) in [5.41, 5.74) is 1.31. The van der Waals surface area contributed by atoms with Crippen molar-refractivity contribution in [2.75, 3.05) is 13.1 Å². The Morgan fingerprint density at radius 1 is 1.33 bits per heavy atom. The molecular formula is C16H24N6OS. The fourth-order valence-corrected chi connectivity index (χ4v) is 4.03. The van der Waals surface area contributed by atoms with Crippen LogP contribution in [-0.2, 0) is 26.7 Å². The lowest BCUT2D eigenvalue weighted by Crippen LogP contribution is -2.25. The van der Waals surface area contributed by atoms with Crippen LogP contribution in [-0.4, -0.2) is 47.2 Å². The molecule has 8 heteroatoms. The Morgan fingerprint density at radius 3 is 2.83 bits per heavy atom. The Labute approximate surface area is 146 Å². The van der Waals surface area contributed by atoms with E-state index in [-0.39, 0.29) is 6.61 Å². The topological polar surface area (TPSA) is 64.0 Å². The molecule has 2 aliphatic rings. The maximum atomic E-state index is 9.54. The van der Waals surface area contributed by atoms with Gasteiger partial charge in [-0.15, -0.1) is 0 Å². The molecule has 1 unspecified atom stereocenters. The third kappa shape index (κ3) is 3.18. The molecule has 3 heterocycles. The van der Waals surface area contributed by atoms with E-state index in [1.54, 1.807) is 0 Å². The van der Waals surface area contributed by atoms with E-state index < -0.39 is 0 Å². The lowest BCUT2D eigenvalue weighted by molar-refractivity contribution is 0.238. The minimum Gasteiger partial charge on any atom is -0.388 e. The number of rotatable bonds is 6. The summed E-state index contributed by atoms with van der Waals surface area (Å²) in [5.74, 6) is 1.36. The highest BCUT2D eigenvalue weighted by Crippen LogP contribution is 2.36. The van der Waals surface area contributed by atoms with Crippen molar-refractivity contribution >= 4 is 12.2 Å². The smallest absolute Gasteiger partial charge is 0.199 e. The predicted octanol–water partition coefficient (Wildman–Crippen LogP) is 1.50. The Bertz CT molecular complexity index is 774. The van der Waals surface area contributed by atoms with Gasteiger partial charge in [0.05, 0.1) is 12.9 Å². The molecule has 4 rings (SSSR count). The molecule has 24 heavy (non-hydrogen) atoms. The average Bonchev–Trinajstić information content (AvgIpc) is 3.03. The van der Waals surface area contributed by atoms with Crippen molar-refractivity contribution in [3.63, 3.8) is 0 Å². The van der Waals surface area contributed by atoms with Gasteiger partial charge >= 0.3 is 0 Å². The normalized spacial score (nSPS) is 21.7. The van der Waals surface area contributed by atoms with E-state index in [1.165, 1.54) is 12.0 Å². The Kier molecular flexibility index (Phi) is 4.28. The second kappa shape index (κ2) is 6.42. The van der Waals surface area contributed by atoms with Gasteiger partial charge in [-0.25, -0.2) is 4.68 Å². The van der Waals surface area contributed by atoms with Crippen LogP contribution in [0.1, 0.15) is 36.7 Å². The molecular weight excluding hydrogens is 324 g/mol. The number of nitrogens with zero attached hydrogens (tertiary/aromatic N) is 6. The second-order valence-corrected chi connectivity index (χ2v) is 7.42. The summed E-state index contributed by atoms with van der Waals surface area (Å²) in [6.07, 6.45) is 8.62. The van der Waals surface area contributed by atoms with Crippen molar-refractivity contribution in [2.45, 2.75) is 45.0 Å². The molecule has 1 aliphatic carbocycles. The highest BCUT2D eigenvalue weighted by Gasteiger charge is 2.29. The van der Waals surface area contributed by atoms with Gasteiger partial charge in [0, 0.05) is 32.4 Å². The van der Waals surface area contributed by atoms with Gasteiger partial charge in [-0.2, -0.15) is 10.2 Å². The van der Waals surface area contributed by atoms with Gasteiger partial charge in [0.2, 0.25) is 0 Å². The first-order valence-corrected chi connectivity index (χ1v) is 9.04. The van der Waals surface area contributed by atoms with Gasteiger partial charge in [-0.1, -0.05) is 0 Å². The molecule has 7 nitrogen and oxygen atoms in total. The largest absolute Gasteiger partial charge is 0.388 e. The standard InChI is InChI=1S/C16H24N6OS/c1-19-8-13(7-17-19)6-12-4-5-20(9-12)11-21-16(24)22(14-2-3-14)15(10-23)18-21/h7-8,12,14,23H,2-6,9-11H2,1H3. The van der Waals surface area contributed by atoms with Crippen LogP contribution in [0.25, 0.3) is 0 Å². The number of aliphatic hydroxyl groups is 1. The Balaban J connectivity index is 1.40. The minimum absolute atomic E-state index is 0.0449. The van der Waals surface area contributed by atoms with Crippen LogP contribution in [0.15, 0.2) is 12.4 Å². The van der Waals surface area contributed by atoms with E-state index in [4.69, 9.17) is 12.2 Å². The fourth-order valence-electron chi connectivity index (χ4n) is 3.67. The SMILES string of the molecule is Cn1cc(CC2CCN(Cn3nc(CO)n(C4CC4)c3=S)C2)cn1. The van der Waals surface area contributed by atoms with Crippen molar-refractivity contribution in [1.29, 1.82) is 0 Å². The monoisotopic (exact) mass is 348 g/mol. The lowest BCUT2D eigenvalue weighted by atomic mass is 10.0. The van der Waals surface area contributed by atoms with Crippen LogP contribution in [0.4, 0.5) is 0 Å². The highest BCUT2D eigenvalue weighted by atomic mass is 32.1. The van der Waals surface area contributed by atoms with Gasteiger partial charge in [-0.3, -0.25) is 14.1 Å². The molecule has 0 spiro atoms. The molecule has 1 N–H and O–H groups in total. The summed E-state index contributed by atoms with van der Waals surface area (Å²) >= 11 is 5.58. The van der Waals surface area contributed by atoms with E-state index in [2.05, 4.69) is 21.3 Å².